The molecule has 0 radical (unpaired) electrons. The van der Waals surface area contributed by atoms with Crippen LogP contribution < -0.4 is 21.7 Å². The second-order valence-corrected chi connectivity index (χ2v) is 12.6. The summed E-state index contributed by atoms with van der Waals surface area (Å²) in [5.41, 5.74) is 0.271. The molecule has 40 heavy (non-hydrogen) atoms. The van der Waals surface area contributed by atoms with Crippen molar-refractivity contribution in [3.05, 3.63) is 0 Å². The van der Waals surface area contributed by atoms with Crippen LogP contribution in [0.1, 0.15) is 87.5 Å². The highest BCUT2D eigenvalue weighted by Gasteiger charge is 2.60. The number of nitriles is 2. The Bertz CT molecular complexity index is 1020. The van der Waals surface area contributed by atoms with E-state index in [-0.39, 0.29) is 62.9 Å². The molecule has 0 fully saturated rings. The van der Waals surface area contributed by atoms with Gasteiger partial charge < -0.3 is 26.8 Å². The fourth-order valence-corrected chi connectivity index (χ4v) is 5.03. The molecule has 0 heterocycles. The zero-order valence-electron chi connectivity index (χ0n) is 25.7. The summed E-state index contributed by atoms with van der Waals surface area (Å²) in [5.74, 6) is 1.48. The molecule has 224 valence electrons. The molecular weight excluding hydrogens is 508 g/mol. The van der Waals surface area contributed by atoms with Gasteiger partial charge in [0.1, 0.15) is 0 Å². The van der Waals surface area contributed by atoms with Gasteiger partial charge in [0.25, 0.3) is 0 Å². The molecule has 0 saturated heterocycles. The minimum Gasteiger partial charge on any atom is -0.392 e. The molecule has 0 aliphatic heterocycles. The number of amides is 3. The lowest BCUT2D eigenvalue weighted by Crippen LogP contribution is -2.58. The van der Waals surface area contributed by atoms with Gasteiger partial charge in [-0.2, -0.15) is 10.5 Å². The predicted molar refractivity (Wildman–Crippen MR) is 155 cm³/mol. The minimum atomic E-state index is -1.23. The number of aliphatic hydroxyl groups is 1. The maximum absolute atomic E-state index is 13.9. The van der Waals surface area contributed by atoms with Crippen LogP contribution in [0.4, 0.5) is 0 Å². The van der Waals surface area contributed by atoms with Gasteiger partial charge in [-0.15, -0.1) is 6.42 Å². The number of nitrogens with one attached hydrogen (secondary N) is 3. The van der Waals surface area contributed by atoms with Gasteiger partial charge in [0.05, 0.1) is 41.0 Å². The number of carbonyl (C=O) groups excluding carboxylic acids is 3. The van der Waals surface area contributed by atoms with Gasteiger partial charge in [-0.25, -0.2) is 0 Å². The number of terminal acetylenes is 1. The fraction of sp³-hybridized carbons (Fsp3) is 0.767. The average molecular weight is 559 g/mol. The number of aliphatic hydroxyl groups excluding tert-OH is 1. The lowest BCUT2D eigenvalue weighted by atomic mass is 9.47. The Morgan fingerprint density at radius 1 is 0.900 bits per heavy atom. The molecule has 10 heteroatoms. The van der Waals surface area contributed by atoms with Crippen LogP contribution in [0.2, 0.25) is 0 Å². The standard InChI is InChI=1S/C30H50N6O4/c1-10-16-34-23(38)12-14-29(8,21-33)27(5,6)30(9,25(40)36-18-22(2)37)19-26(3,4)28(7,20-32)13-11-24(39)35-17-15-31/h1,22,37H,11-19,31H2,2-9H3,(H,34,38)(H,35,39)(H,36,40). The predicted octanol–water partition coefficient (Wildman–Crippen LogP) is 2.38. The minimum absolute atomic E-state index is 0.0134. The molecule has 0 spiro atoms. The van der Waals surface area contributed by atoms with Crippen LogP contribution in [0.5, 0.6) is 0 Å². The summed E-state index contributed by atoms with van der Waals surface area (Å²) in [6, 6.07) is 4.77. The zero-order valence-corrected chi connectivity index (χ0v) is 25.7. The van der Waals surface area contributed by atoms with Crippen molar-refractivity contribution in [1.29, 1.82) is 10.5 Å². The SMILES string of the molecule is C#CCNC(=O)CCC(C)(C#N)C(C)(C)C(C)(CC(C)(C)C(C)(C#N)CCC(=O)NCCN)C(=O)NCC(C)O. The topological polar surface area (TPSA) is 181 Å². The molecule has 0 bridgehead atoms. The molecule has 0 aromatic rings. The molecule has 0 aromatic carbocycles. The fourth-order valence-electron chi connectivity index (χ4n) is 5.03. The average Bonchev–Trinajstić information content (AvgIpc) is 2.89. The molecule has 0 aliphatic carbocycles. The summed E-state index contributed by atoms with van der Waals surface area (Å²) in [7, 11) is 0. The van der Waals surface area contributed by atoms with E-state index in [4.69, 9.17) is 12.2 Å². The van der Waals surface area contributed by atoms with E-state index in [2.05, 4.69) is 34.0 Å². The Hall–Kier alpha value is -3.13. The van der Waals surface area contributed by atoms with E-state index in [1.807, 2.05) is 27.7 Å². The number of nitrogens with zero attached hydrogens (tertiary/aromatic N) is 2. The largest absolute Gasteiger partial charge is 0.392 e. The first-order valence-corrected chi connectivity index (χ1v) is 13.8. The summed E-state index contributed by atoms with van der Waals surface area (Å²) in [6.07, 6.45) is 5.21. The Balaban J connectivity index is 6.54. The Morgan fingerprint density at radius 2 is 1.40 bits per heavy atom. The first-order chi connectivity index (χ1) is 18.3. The molecular formula is C30H50N6O4. The van der Waals surface area contributed by atoms with Crippen molar-refractivity contribution in [2.75, 3.05) is 26.2 Å². The van der Waals surface area contributed by atoms with Crippen molar-refractivity contribution in [1.82, 2.24) is 16.0 Å². The Morgan fingerprint density at radius 3 is 1.85 bits per heavy atom. The van der Waals surface area contributed by atoms with Gasteiger partial charge in [0.15, 0.2) is 0 Å². The monoisotopic (exact) mass is 558 g/mol. The van der Waals surface area contributed by atoms with Gasteiger partial charge in [0, 0.05) is 32.5 Å². The van der Waals surface area contributed by atoms with Crippen molar-refractivity contribution in [2.45, 2.75) is 93.6 Å². The van der Waals surface area contributed by atoms with Crippen LogP contribution in [-0.2, 0) is 14.4 Å². The van der Waals surface area contributed by atoms with E-state index in [0.29, 0.717) is 13.1 Å². The number of hydrogen-bond acceptors (Lipinski definition) is 7. The highest BCUT2D eigenvalue weighted by Crippen LogP contribution is 2.60. The first-order valence-electron chi connectivity index (χ1n) is 13.8. The van der Waals surface area contributed by atoms with Crippen molar-refractivity contribution in [3.63, 3.8) is 0 Å². The normalized spacial score (nSPS) is 16.9. The Kier molecular flexibility index (Phi) is 13.9. The highest BCUT2D eigenvalue weighted by molar-refractivity contribution is 5.83. The maximum atomic E-state index is 13.9. The van der Waals surface area contributed by atoms with Crippen molar-refractivity contribution in [2.24, 2.45) is 32.8 Å². The number of nitrogens with two attached hydrogens (primary N) is 1. The number of carbonyl (C=O) groups is 3. The molecule has 6 N–H and O–H groups in total. The third-order valence-electron chi connectivity index (χ3n) is 9.16. The zero-order chi connectivity index (χ0) is 31.4. The van der Waals surface area contributed by atoms with Gasteiger partial charge in [-0.05, 0) is 50.9 Å². The van der Waals surface area contributed by atoms with E-state index in [1.165, 1.54) is 0 Å². The van der Waals surface area contributed by atoms with Gasteiger partial charge in [-0.1, -0.05) is 40.5 Å². The highest BCUT2D eigenvalue weighted by atomic mass is 16.3. The maximum Gasteiger partial charge on any atom is 0.226 e. The summed E-state index contributed by atoms with van der Waals surface area (Å²) in [4.78, 5) is 38.6. The summed E-state index contributed by atoms with van der Waals surface area (Å²) >= 11 is 0. The Labute approximate surface area is 240 Å². The molecule has 0 saturated carbocycles. The second-order valence-electron chi connectivity index (χ2n) is 12.6. The molecule has 0 aromatic heterocycles. The van der Waals surface area contributed by atoms with Crippen LogP contribution >= 0.6 is 0 Å². The van der Waals surface area contributed by atoms with Crippen LogP contribution in [-0.4, -0.2) is 55.1 Å². The first kappa shape index (κ1) is 36.9. The smallest absolute Gasteiger partial charge is 0.226 e. The second kappa shape index (κ2) is 15.0. The summed E-state index contributed by atoms with van der Waals surface area (Å²) < 4.78 is 0. The third kappa shape index (κ3) is 8.95. The summed E-state index contributed by atoms with van der Waals surface area (Å²) in [5, 5.41) is 38.7. The van der Waals surface area contributed by atoms with E-state index in [0.717, 1.165) is 0 Å². The lowest BCUT2D eigenvalue weighted by Gasteiger charge is -2.55. The molecule has 0 aliphatic rings. The lowest BCUT2D eigenvalue weighted by molar-refractivity contribution is -0.149. The van der Waals surface area contributed by atoms with Crippen LogP contribution in [0.25, 0.3) is 0 Å². The molecule has 4 atom stereocenters. The summed E-state index contributed by atoms with van der Waals surface area (Å²) in [6.45, 7) is 15.0. The quantitative estimate of drug-likeness (QED) is 0.170. The molecule has 3 amide bonds. The number of rotatable bonds is 17. The van der Waals surface area contributed by atoms with E-state index >= 15 is 0 Å². The van der Waals surface area contributed by atoms with Crippen LogP contribution in [0.15, 0.2) is 0 Å². The van der Waals surface area contributed by atoms with Crippen molar-refractivity contribution in [3.8, 4) is 24.5 Å². The van der Waals surface area contributed by atoms with E-state index < -0.39 is 33.2 Å². The molecule has 10 nitrogen and oxygen atoms in total. The van der Waals surface area contributed by atoms with Crippen molar-refractivity contribution < 1.29 is 19.5 Å². The van der Waals surface area contributed by atoms with Gasteiger partial charge >= 0.3 is 0 Å². The third-order valence-corrected chi connectivity index (χ3v) is 9.16. The van der Waals surface area contributed by atoms with Gasteiger partial charge in [0.2, 0.25) is 17.7 Å². The van der Waals surface area contributed by atoms with Crippen LogP contribution in [0.3, 0.4) is 0 Å². The van der Waals surface area contributed by atoms with E-state index in [9.17, 15) is 30.0 Å². The van der Waals surface area contributed by atoms with Crippen molar-refractivity contribution >= 4 is 17.7 Å². The van der Waals surface area contributed by atoms with Gasteiger partial charge in [-0.3, -0.25) is 14.4 Å². The number of hydrogen-bond donors (Lipinski definition) is 5. The molecule has 0 rings (SSSR count). The van der Waals surface area contributed by atoms with E-state index in [1.54, 1.807) is 27.7 Å². The molecule has 4 unspecified atom stereocenters. The van der Waals surface area contributed by atoms with Crippen LogP contribution in [0, 0.1) is 62.1 Å².